The SMILES string of the molecule is CCOC(=O)C1=C(N)N2C(=O)[C@@H](C)SC2=C(C(=O)OC)[C@H]1c1cc(OC)c(OC)c(OC)c1. The van der Waals surface area contributed by atoms with Crippen molar-refractivity contribution in [3.05, 3.63) is 39.7 Å². The Kier molecular flexibility index (Phi) is 7.11. The highest BCUT2D eigenvalue weighted by molar-refractivity contribution is 8.04. The van der Waals surface area contributed by atoms with Crippen molar-refractivity contribution < 1.29 is 38.1 Å². The quantitative estimate of drug-likeness (QED) is 0.581. The van der Waals surface area contributed by atoms with E-state index in [-0.39, 0.29) is 29.5 Å². The second kappa shape index (κ2) is 9.65. The number of carbonyl (C=O) groups excluding carboxylic acids is 3. The molecule has 178 valence electrons. The van der Waals surface area contributed by atoms with Gasteiger partial charge in [-0.3, -0.25) is 9.69 Å². The number of nitrogens with zero attached hydrogens (tertiary/aromatic N) is 1. The van der Waals surface area contributed by atoms with Crippen molar-refractivity contribution in [2.75, 3.05) is 35.0 Å². The summed E-state index contributed by atoms with van der Waals surface area (Å²) >= 11 is 1.17. The Morgan fingerprint density at radius 2 is 1.64 bits per heavy atom. The number of methoxy groups -OCH3 is 4. The molecule has 2 aliphatic heterocycles. The summed E-state index contributed by atoms with van der Waals surface area (Å²) in [6.45, 7) is 3.41. The molecular formula is C22H26N2O8S. The monoisotopic (exact) mass is 478 g/mol. The van der Waals surface area contributed by atoms with Crippen LogP contribution in [-0.4, -0.2) is 63.0 Å². The van der Waals surface area contributed by atoms with Gasteiger partial charge in [0, 0.05) is 0 Å². The van der Waals surface area contributed by atoms with E-state index in [4.69, 9.17) is 29.4 Å². The Hall–Kier alpha value is -3.34. The fourth-order valence-electron chi connectivity index (χ4n) is 3.85. The summed E-state index contributed by atoms with van der Waals surface area (Å²) in [5.41, 5.74) is 6.85. The zero-order valence-corrected chi connectivity index (χ0v) is 20.0. The molecule has 11 heteroatoms. The lowest BCUT2D eigenvalue weighted by atomic mass is 9.82. The number of esters is 2. The molecule has 3 rings (SSSR count). The van der Waals surface area contributed by atoms with Crippen LogP contribution in [0.3, 0.4) is 0 Å². The van der Waals surface area contributed by atoms with Gasteiger partial charge in [-0.2, -0.15) is 0 Å². The average Bonchev–Trinajstić information content (AvgIpc) is 3.11. The topological polar surface area (TPSA) is 127 Å². The second-order valence-corrected chi connectivity index (χ2v) is 8.38. The Morgan fingerprint density at radius 1 is 1.03 bits per heavy atom. The molecule has 0 saturated carbocycles. The molecule has 1 aromatic rings. The van der Waals surface area contributed by atoms with Gasteiger partial charge >= 0.3 is 11.9 Å². The van der Waals surface area contributed by atoms with Crippen LogP contribution in [0.5, 0.6) is 17.2 Å². The van der Waals surface area contributed by atoms with Crippen LogP contribution in [0.2, 0.25) is 0 Å². The Morgan fingerprint density at radius 3 is 2.12 bits per heavy atom. The predicted molar refractivity (Wildman–Crippen MR) is 120 cm³/mol. The van der Waals surface area contributed by atoms with Gasteiger partial charge in [0.25, 0.3) is 0 Å². The first-order valence-corrected chi connectivity index (χ1v) is 10.9. The van der Waals surface area contributed by atoms with Crippen molar-refractivity contribution in [3.8, 4) is 17.2 Å². The molecule has 1 fully saturated rings. The molecular weight excluding hydrogens is 452 g/mol. The number of fused-ring (bicyclic) bond motifs is 1. The summed E-state index contributed by atoms with van der Waals surface area (Å²) in [6, 6.07) is 3.23. The van der Waals surface area contributed by atoms with Gasteiger partial charge in [0.2, 0.25) is 11.7 Å². The molecule has 0 spiro atoms. The van der Waals surface area contributed by atoms with Crippen LogP contribution in [0.25, 0.3) is 0 Å². The summed E-state index contributed by atoms with van der Waals surface area (Å²) in [5.74, 6) is -1.97. The van der Waals surface area contributed by atoms with Gasteiger partial charge in [-0.15, -0.1) is 0 Å². The molecule has 1 amide bonds. The zero-order valence-electron chi connectivity index (χ0n) is 19.2. The lowest BCUT2D eigenvalue weighted by Gasteiger charge is -2.33. The molecule has 2 atom stereocenters. The van der Waals surface area contributed by atoms with Crippen LogP contribution in [0.1, 0.15) is 25.3 Å². The molecule has 2 aliphatic rings. The van der Waals surface area contributed by atoms with Gasteiger partial charge in [0.05, 0.1) is 62.4 Å². The lowest BCUT2D eigenvalue weighted by molar-refractivity contribution is -0.139. The molecule has 0 aliphatic carbocycles. The molecule has 0 radical (unpaired) electrons. The third-order valence-corrected chi connectivity index (χ3v) is 6.49. The minimum Gasteiger partial charge on any atom is -0.493 e. The van der Waals surface area contributed by atoms with E-state index in [1.54, 1.807) is 26.0 Å². The van der Waals surface area contributed by atoms with E-state index in [1.165, 1.54) is 45.1 Å². The van der Waals surface area contributed by atoms with Crippen molar-refractivity contribution in [1.82, 2.24) is 4.90 Å². The maximum Gasteiger partial charge on any atom is 0.338 e. The van der Waals surface area contributed by atoms with Gasteiger partial charge in [-0.1, -0.05) is 11.8 Å². The number of nitrogens with two attached hydrogens (primary N) is 1. The predicted octanol–water partition coefficient (Wildman–Crippen LogP) is 1.89. The number of benzene rings is 1. The highest BCUT2D eigenvalue weighted by atomic mass is 32.2. The molecule has 1 saturated heterocycles. The smallest absolute Gasteiger partial charge is 0.338 e. The first-order chi connectivity index (χ1) is 15.7. The number of ether oxygens (including phenoxy) is 5. The molecule has 1 aromatic carbocycles. The first kappa shape index (κ1) is 24.3. The number of carbonyl (C=O) groups is 3. The van der Waals surface area contributed by atoms with Gasteiger partial charge < -0.3 is 29.4 Å². The Balaban J connectivity index is 2.38. The van der Waals surface area contributed by atoms with Crippen LogP contribution in [0.15, 0.2) is 34.1 Å². The normalized spacial score (nSPS) is 19.9. The fraction of sp³-hybridized carbons (Fsp3) is 0.409. The minimum absolute atomic E-state index is 0.0571. The summed E-state index contributed by atoms with van der Waals surface area (Å²) in [6.07, 6.45) is 0. The van der Waals surface area contributed by atoms with Crippen molar-refractivity contribution in [2.45, 2.75) is 25.0 Å². The zero-order chi connectivity index (χ0) is 24.4. The van der Waals surface area contributed by atoms with Crippen LogP contribution >= 0.6 is 11.8 Å². The van der Waals surface area contributed by atoms with Gasteiger partial charge in [-0.25, -0.2) is 9.59 Å². The first-order valence-electron chi connectivity index (χ1n) is 10.0. The van der Waals surface area contributed by atoms with Crippen LogP contribution in [0, 0.1) is 0 Å². The van der Waals surface area contributed by atoms with Crippen molar-refractivity contribution in [1.29, 1.82) is 0 Å². The fourth-order valence-corrected chi connectivity index (χ4v) is 5.01. The van der Waals surface area contributed by atoms with E-state index in [9.17, 15) is 14.4 Å². The number of rotatable bonds is 7. The van der Waals surface area contributed by atoms with Gasteiger partial charge in [-0.05, 0) is 31.5 Å². The summed E-state index contributed by atoms with van der Waals surface area (Å²) in [4.78, 5) is 40.2. The Labute approximate surface area is 195 Å². The van der Waals surface area contributed by atoms with Crippen molar-refractivity contribution in [3.63, 3.8) is 0 Å². The number of amides is 1. The summed E-state index contributed by atoms with van der Waals surface area (Å²) in [7, 11) is 5.59. The van der Waals surface area contributed by atoms with Crippen LogP contribution in [-0.2, 0) is 23.9 Å². The van der Waals surface area contributed by atoms with Crippen molar-refractivity contribution in [2.24, 2.45) is 5.73 Å². The van der Waals surface area contributed by atoms with Crippen LogP contribution in [0.4, 0.5) is 0 Å². The van der Waals surface area contributed by atoms with E-state index < -0.39 is 23.1 Å². The summed E-state index contributed by atoms with van der Waals surface area (Å²) in [5, 5.41) is -0.205. The standard InChI is InChI=1S/C22H26N2O8S/c1-7-32-22(27)15-14(11-8-12(28-3)17(30-5)13(9-11)29-4)16(21(26)31-6)20-24(18(15)23)19(25)10(2)33-20/h8-10,14H,7,23H2,1-6H3/t10-,14+/m1/s1. The van der Waals surface area contributed by atoms with E-state index in [0.29, 0.717) is 27.8 Å². The second-order valence-electron chi connectivity index (χ2n) is 7.06. The van der Waals surface area contributed by atoms with Gasteiger partial charge in [0.1, 0.15) is 5.82 Å². The minimum atomic E-state index is -1.01. The maximum atomic E-state index is 13.1. The van der Waals surface area contributed by atoms with E-state index in [0.717, 1.165) is 0 Å². The third kappa shape index (κ3) is 3.97. The van der Waals surface area contributed by atoms with E-state index in [2.05, 4.69) is 0 Å². The lowest BCUT2D eigenvalue weighted by Crippen LogP contribution is -2.40. The van der Waals surface area contributed by atoms with E-state index in [1.807, 2.05) is 0 Å². The maximum absolute atomic E-state index is 13.1. The molecule has 0 bridgehead atoms. The molecule has 2 heterocycles. The molecule has 33 heavy (non-hydrogen) atoms. The number of hydrogen-bond acceptors (Lipinski definition) is 10. The largest absolute Gasteiger partial charge is 0.493 e. The number of hydrogen-bond donors (Lipinski definition) is 1. The molecule has 10 nitrogen and oxygen atoms in total. The number of thioether (sulfide) groups is 1. The van der Waals surface area contributed by atoms with Crippen molar-refractivity contribution >= 4 is 29.6 Å². The summed E-state index contributed by atoms with van der Waals surface area (Å²) < 4.78 is 26.6. The Bertz CT molecular complexity index is 1040. The molecule has 2 N–H and O–H groups in total. The highest BCUT2D eigenvalue weighted by Gasteiger charge is 2.49. The molecule has 0 aromatic heterocycles. The van der Waals surface area contributed by atoms with E-state index >= 15 is 0 Å². The van der Waals surface area contributed by atoms with Gasteiger partial charge in [0.15, 0.2) is 11.5 Å². The average molecular weight is 479 g/mol. The molecule has 0 unspecified atom stereocenters. The highest BCUT2D eigenvalue weighted by Crippen LogP contribution is 2.51. The third-order valence-electron chi connectivity index (χ3n) is 5.31. The van der Waals surface area contributed by atoms with Crippen LogP contribution < -0.4 is 19.9 Å².